The predicted octanol–water partition coefficient (Wildman–Crippen LogP) is 4.44. The van der Waals surface area contributed by atoms with Crippen molar-refractivity contribution in [2.45, 2.75) is 45.6 Å². The fourth-order valence-corrected chi connectivity index (χ4v) is 2.86. The molecule has 1 amide bonds. The van der Waals surface area contributed by atoms with Crippen LogP contribution in [0.1, 0.15) is 39.5 Å². The van der Waals surface area contributed by atoms with Crippen LogP contribution in [-0.2, 0) is 4.79 Å². The maximum absolute atomic E-state index is 12.0. The van der Waals surface area contributed by atoms with E-state index in [0.29, 0.717) is 21.7 Å². The number of nitrogens with one attached hydrogen (secondary N) is 1. The van der Waals surface area contributed by atoms with Gasteiger partial charge in [0.15, 0.2) is 6.10 Å². The highest BCUT2D eigenvalue weighted by Gasteiger charge is 2.18. The van der Waals surface area contributed by atoms with Gasteiger partial charge in [-0.3, -0.25) is 4.79 Å². The zero-order chi connectivity index (χ0) is 16.1. The van der Waals surface area contributed by atoms with Crippen molar-refractivity contribution >= 4 is 34.8 Å². The van der Waals surface area contributed by atoms with Gasteiger partial charge >= 0.3 is 0 Å². The van der Waals surface area contributed by atoms with E-state index in [2.05, 4.69) is 17.5 Å². The van der Waals surface area contributed by atoms with Gasteiger partial charge in [0, 0.05) is 10.7 Å². The van der Waals surface area contributed by atoms with Gasteiger partial charge in [0.1, 0.15) is 5.75 Å². The minimum Gasteiger partial charge on any atom is -0.479 e. The molecule has 1 aliphatic rings. The molecule has 6 heteroatoms. The number of benzene rings is 1. The molecule has 2 rings (SSSR count). The van der Waals surface area contributed by atoms with Crippen LogP contribution in [0.5, 0.6) is 5.75 Å². The van der Waals surface area contributed by atoms with Crippen LogP contribution in [0.2, 0.25) is 10.0 Å². The molecule has 120 valence electrons. The average Bonchev–Trinajstić information content (AvgIpc) is 2.47. The van der Waals surface area contributed by atoms with Crippen LogP contribution in [0, 0.1) is 5.92 Å². The van der Waals surface area contributed by atoms with Crippen LogP contribution >= 0.6 is 23.2 Å². The number of hydrogen-bond donors (Lipinski definition) is 1. The van der Waals surface area contributed by atoms with Crippen LogP contribution in [0.15, 0.2) is 23.3 Å². The second-order valence-electron chi connectivity index (χ2n) is 5.69. The predicted molar refractivity (Wildman–Crippen MR) is 89.8 cm³/mol. The smallest absolute Gasteiger partial charge is 0.280 e. The number of carbonyl (C=O) groups is 1. The lowest BCUT2D eigenvalue weighted by Crippen LogP contribution is -2.34. The summed E-state index contributed by atoms with van der Waals surface area (Å²) in [6.45, 7) is 3.86. The minimum absolute atomic E-state index is 0.295. The van der Waals surface area contributed by atoms with Crippen LogP contribution in [0.25, 0.3) is 0 Å². The number of ether oxygens (including phenoxy) is 1. The van der Waals surface area contributed by atoms with Crippen molar-refractivity contribution in [2.24, 2.45) is 11.0 Å². The number of carbonyl (C=O) groups excluding carboxylic acids is 1. The van der Waals surface area contributed by atoms with Gasteiger partial charge in [-0.2, -0.15) is 5.10 Å². The third-order valence-electron chi connectivity index (χ3n) is 3.64. The summed E-state index contributed by atoms with van der Waals surface area (Å²) in [6, 6.07) is 4.88. The Morgan fingerprint density at radius 2 is 2.23 bits per heavy atom. The highest BCUT2D eigenvalue weighted by Crippen LogP contribution is 2.28. The molecule has 0 spiro atoms. The summed E-state index contributed by atoms with van der Waals surface area (Å²) in [7, 11) is 0. The second-order valence-corrected chi connectivity index (χ2v) is 6.53. The fourth-order valence-electron chi connectivity index (χ4n) is 2.40. The Bertz CT molecular complexity index is 575. The fraction of sp³-hybridized carbons (Fsp3) is 0.500. The molecule has 0 radical (unpaired) electrons. The number of amides is 1. The monoisotopic (exact) mass is 342 g/mol. The van der Waals surface area contributed by atoms with Crippen molar-refractivity contribution in [2.75, 3.05) is 0 Å². The van der Waals surface area contributed by atoms with Crippen LogP contribution in [0.4, 0.5) is 0 Å². The van der Waals surface area contributed by atoms with Gasteiger partial charge in [0.2, 0.25) is 0 Å². The molecule has 1 N–H and O–H groups in total. The molecule has 0 heterocycles. The molecule has 22 heavy (non-hydrogen) atoms. The first-order valence-corrected chi connectivity index (χ1v) is 8.18. The van der Waals surface area contributed by atoms with Gasteiger partial charge in [-0.05, 0) is 56.7 Å². The largest absolute Gasteiger partial charge is 0.479 e. The van der Waals surface area contributed by atoms with Crippen molar-refractivity contribution in [1.82, 2.24) is 5.43 Å². The van der Waals surface area contributed by atoms with E-state index in [0.717, 1.165) is 25.0 Å². The summed E-state index contributed by atoms with van der Waals surface area (Å²) in [6.07, 6.45) is 3.55. The molecular weight excluding hydrogens is 323 g/mol. The van der Waals surface area contributed by atoms with E-state index >= 15 is 0 Å². The summed E-state index contributed by atoms with van der Waals surface area (Å²) >= 11 is 11.9. The number of nitrogens with zero attached hydrogens (tertiary/aromatic N) is 1. The number of hydrogen-bond acceptors (Lipinski definition) is 3. The Hall–Kier alpha value is -1.26. The van der Waals surface area contributed by atoms with Crippen LogP contribution in [-0.4, -0.2) is 17.7 Å². The molecular formula is C16H20Cl2N2O2. The highest BCUT2D eigenvalue weighted by atomic mass is 35.5. The normalized spacial score (nSPS) is 21.5. The Kier molecular flexibility index (Phi) is 6.09. The Morgan fingerprint density at radius 1 is 1.45 bits per heavy atom. The third kappa shape index (κ3) is 4.89. The van der Waals surface area contributed by atoms with E-state index in [1.165, 1.54) is 6.42 Å². The lowest BCUT2D eigenvalue weighted by molar-refractivity contribution is -0.127. The highest BCUT2D eigenvalue weighted by molar-refractivity contribution is 6.35. The van der Waals surface area contributed by atoms with Gasteiger partial charge in [-0.1, -0.05) is 30.1 Å². The number of halogens is 2. The van der Waals surface area contributed by atoms with E-state index < -0.39 is 6.10 Å². The number of rotatable bonds is 4. The maximum atomic E-state index is 12.0. The van der Waals surface area contributed by atoms with Gasteiger partial charge in [0.05, 0.1) is 5.02 Å². The first-order chi connectivity index (χ1) is 10.5. The van der Waals surface area contributed by atoms with Crippen molar-refractivity contribution in [3.8, 4) is 5.75 Å². The summed E-state index contributed by atoms with van der Waals surface area (Å²) in [5, 5.41) is 5.11. The van der Waals surface area contributed by atoms with E-state index in [4.69, 9.17) is 27.9 Å². The van der Waals surface area contributed by atoms with E-state index in [1.54, 1.807) is 25.1 Å². The molecule has 0 aromatic heterocycles. The summed E-state index contributed by atoms with van der Waals surface area (Å²) < 4.78 is 5.55. The minimum atomic E-state index is -0.691. The Balaban J connectivity index is 1.90. The molecule has 1 saturated carbocycles. The van der Waals surface area contributed by atoms with Gasteiger partial charge in [0.25, 0.3) is 5.91 Å². The van der Waals surface area contributed by atoms with Gasteiger partial charge < -0.3 is 4.74 Å². The van der Waals surface area contributed by atoms with Crippen molar-refractivity contribution in [1.29, 1.82) is 0 Å². The average molecular weight is 343 g/mol. The van der Waals surface area contributed by atoms with E-state index in [9.17, 15) is 4.79 Å². The molecule has 0 bridgehead atoms. The lowest BCUT2D eigenvalue weighted by atomic mass is 9.89. The van der Waals surface area contributed by atoms with Crippen molar-refractivity contribution in [3.63, 3.8) is 0 Å². The maximum Gasteiger partial charge on any atom is 0.280 e. The molecule has 0 saturated heterocycles. The Labute approximate surface area is 140 Å². The molecule has 1 aromatic rings. The van der Waals surface area contributed by atoms with Gasteiger partial charge in [-0.15, -0.1) is 0 Å². The molecule has 4 nitrogen and oxygen atoms in total. The molecule has 1 aromatic carbocycles. The summed E-state index contributed by atoms with van der Waals surface area (Å²) in [4.78, 5) is 12.0. The molecule has 2 unspecified atom stereocenters. The molecule has 1 fully saturated rings. The Morgan fingerprint density at radius 3 is 2.91 bits per heavy atom. The number of hydrazone groups is 1. The molecule has 0 aliphatic heterocycles. The zero-order valence-electron chi connectivity index (χ0n) is 12.7. The van der Waals surface area contributed by atoms with Crippen LogP contribution < -0.4 is 10.2 Å². The van der Waals surface area contributed by atoms with Crippen molar-refractivity contribution in [3.05, 3.63) is 28.2 Å². The van der Waals surface area contributed by atoms with E-state index in [-0.39, 0.29) is 5.91 Å². The van der Waals surface area contributed by atoms with Crippen LogP contribution in [0.3, 0.4) is 0 Å². The first-order valence-electron chi connectivity index (χ1n) is 7.42. The standard InChI is InChI=1S/C16H20Cl2N2O2/c1-10-4-3-5-13(8-10)19-20-16(21)11(2)22-15-7-6-12(17)9-14(15)18/h6-7,9-11H,3-5,8H2,1-2H3,(H,20,21). The van der Waals surface area contributed by atoms with Gasteiger partial charge in [-0.25, -0.2) is 5.43 Å². The van der Waals surface area contributed by atoms with E-state index in [1.807, 2.05) is 0 Å². The zero-order valence-corrected chi connectivity index (χ0v) is 14.2. The first kappa shape index (κ1) is 17.1. The third-order valence-corrected chi connectivity index (χ3v) is 4.17. The summed E-state index contributed by atoms with van der Waals surface area (Å²) in [5.41, 5.74) is 3.62. The lowest BCUT2D eigenvalue weighted by Gasteiger charge is -2.19. The van der Waals surface area contributed by atoms with Crippen molar-refractivity contribution < 1.29 is 9.53 Å². The second kappa shape index (κ2) is 7.84. The topological polar surface area (TPSA) is 50.7 Å². The summed E-state index contributed by atoms with van der Waals surface area (Å²) in [5.74, 6) is 0.760. The molecule has 2 atom stereocenters. The molecule has 1 aliphatic carbocycles. The SMILES string of the molecule is CC1CCCC(=NNC(=O)C(C)Oc2ccc(Cl)cc2Cl)C1. The quantitative estimate of drug-likeness (QED) is 0.822.